The number of methoxy groups -OCH3 is 1. The smallest absolute Gasteiger partial charge is 0.277 e. The summed E-state index contributed by atoms with van der Waals surface area (Å²) in [6.45, 7) is 0.00537. The van der Waals surface area contributed by atoms with Crippen molar-refractivity contribution in [2.24, 2.45) is 0 Å². The number of nitrogens with zero attached hydrogens (tertiary/aromatic N) is 2. The summed E-state index contributed by atoms with van der Waals surface area (Å²) in [5, 5.41) is 12.6. The first kappa shape index (κ1) is 21.2. The highest BCUT2D eigenvalue weighted by molar-refractivity contribution is 7.99. The highest BCUT2D eigenvalue weighted by atomic mass is 32.2. The highest BCUT2D eigenvalue weighted by Gasteiger charge is 2.13. The molecule has 0 unspecified atom stereocenters. The number of halogens is 2. The number of nitrogens with one attached hydrogen (secondary N) is 2. The zero-order valence-corrected chi connectivity index (χ0v) is 16.5. The number of ether oxygens (including phenoxy) is 1. The summed E-state index contributed by atoms with van der Waals surface area (Å²) in [6, 6.07) is 9.41. The van der Waals surface area contributed by atoms with Crippen LogP contribution in [-0.4, -0.2) is 34.9 Å². The van der Waals surface area contributed by atoms with E-state index in [0.717, 1.165) is 23.9 Å². The van der Waals surface area contributed by atoms with Crippen molar-refractivity contribution in [2.75, 3.05) is 18.2 Å². The van der Waals surface area contributed by atoms with Gasteiger partial charge in [0.1, 0.15) is 17.4 Å². The maximum Gasteiger partial charge on any atom is 0.277 e. The first-order valence-electron chi connectivity index (χ1n) is 8.57. The molecule has 8 nitrogen and oxygen atoms in total. The molecule has 0 aliphatic heterocycles. The van der Waals surface area contributed by atoms with Crippen molar-refractivity contribution in [1.29, 1.82) is 0 Å². The quantitative estimate of drug-likeness (QED) is 0.525. The number of carbonyl (C=O) groups excluding carboxylic acids is 2. The summed E-state index contributed by atoms with van der Waals surface area (Å²) >= 11 is 0.937. The fourth-order valence-electron chi connectivity index (χ4n) is 2.27. The second-order valence-electron chi connectivity index (χ2n) is 5.83. The molecule has 11 heteroatoms. The van der Waals surface area contributed by atoms with Crippen molar-refractivity contribution >= 4 is 29.3 Å². The summed E-state index contributed by atoms with van der Waals surface area (Å²) in [4.78, 5) is 24.0. The Hall–Kier alpha value is -3.47. The molecule has 0 aliphatic rings. The first-order chi connectivity index (χ1) is 14.4. The standard InChI is InChI=1S/C19H16F2N4O4S/c1-28-13-5-2-11(3-6-13)18(27)22-9-17-24-25-19(29-17)30-10-16(26)23-15-7-4-12(20)8-14(15)21/h2-8H,9-10H2,1H3,(H,22,27)(H,23,26). The summed E-state index contributed by atoms with van der Waals surface area (Å²) < 4.78 is 36.8. The summed E-state index contributed by atoms with van der Waals surface area (Å²) in [6.07, 6.45) is 0. The normalized spacial score (nSPS) is 10.5. The number of amides is 2. The Morgan fingerprint density at radius 1 is 1.13 bits per heavy atom. The molecular weight excluding hydrogens is 418 g/mol. The zero-order valence-electron chi connectivity index (χ0n) is 15.6. The van der Waals surface area contributed by atoms with Gasteiger partial charge in [0.25, 0.3) is 11.1 Å². The Morgan fingerprint density at radius 3 is 2.60 bits per heavy atom. The summed E-state index contributed by atoms with van der Waals surface area (Å²) in [5.41, 5.74) is 0.309. The topological polar surface area (TPSA) is 106 Å². The molecule has 0 saturated heterocycles. The van der Waals surface area contributed by atoms with E-state index in [1.54, 1.807) is 24.3 Å². The SMILES string of the molecule is COc1ccc(C(=O)NCc2nnc(SCC(=O)Nc3ccc(F)cc3F)o2)cc1. The molecular formula is C19H16F2N4O4S. The van der Waals surface area contributed by atoms with Crippen LogP contribution in [0.4, 0.5) is 14.5 Å². The van der Waals surface area contributed by atoms with Crippen LogP contribution in [0.2, 0.25) is 0 Å². The average Bonchev–Trinajstić information content (AvgIpc) is 3.20. The van der Waals surface area contributed by atoms with Gasteiger partial charge in [-0.25, -0.2) is 8.78 Å². The number of aromatic nitrogens is 2. The lowest BCUT2D eigenvalue weighted by Crippen LogP contribution is -2.22. The van der Waals surface area contributed by atoms with Gasteiger partial charge < -0.3 is 19.8 Å². The van der Waals surface area contributed by atoms with Crippen LogP contribution in [0.25, 0.3) is 0 Å². The van der Waals surface area contributed by atoms with Crippen molar-refractivity contribution in [3.8, 4) is 5.75 Å². The van der Waals surface area contributed by atoms with E-state index in [1.807, 2.05) is 0 Å². The molecule has 1 aromatic heterocycles. The summed E-state index contributed by atoms with van der Waals surface area (Å²) in [5.74, 6) is -1.81. The van der Waals surface area contributed by atoms with Crippen LogP contribution < -0.4 is 15.4 Å². The molecule has 2 aromatic carbocycles. The molecule has 3 rings (SSSR count). The first-order valence-corrected chi connectivity index (χ1v) is 9.55. The Balaban J connectivity index is 1.46. The molecule has 0 radical (unpaired) electrons. The maximum absolute atomic E-state index is 13.5. The van der Waals surface area contributed by atoms with E-state index < -0.39 is 17.5 Å². The lowest BCUT2D eigenvalue weighted by atomic mass is 10.2. The van der Waals surface area contributed by atoms with Gasteiger partial charge in [0.05, 0.1) is 25.1 Å². The Kier molecular flexibility index (Phi) is 6.96. The van der Waals surface area contributed by atoms with E-state index in [4.69, 9.17) is 9.15 Å². The van der Waals surface area contributed by atoms with E-state index in [9.17, 15) is 18.4 Å². The molecule has 0 bridgehead atoms. The molecule has 2 N–H and O–H groups in total. The largest absolute Gasteiger partial charge is 0.497 e. The average molecular weight is 434 g/mol. The molecule has 0 spiro atoms. The lowest BCUT2D eigenvalue weighted by Gasteiger charge is -2.05. The van der Waals surface area contributed by atoms with Crippen LogP contribution in [0.5, 0.6) is 5.75 Å². The third-order valence-electron chi connectivity index (χ3n) is 3.73. The third kappa shape index (κ3) is 5.77. The number of hydrogen-bond acceptors (Lipinski definition) is 7. The van der Waals surface area contributed by atoms with Gasteiger partial charge in [0.15, 0.2) is 0 Å². The van der Waals surface area contributed by atoms with Crippen LogP contribution >= 0.6 is 11.8 Å². The van der Waals surface area contributed by atoms with Crippen molar-refractivity contribution in [3.63, 3.8) is 0 Å². The molecule has 2 amide bonds. The van der Waals surface area contributed by atoms with Crippen LogP contribution in [0.1, 0.15) is 16.2 Å². The highest BCUT2D eigenvalue weighted by Crippen LogP contribution is 2.19. The zero-order chi connectivity index (χ0) is 21.5. The Morgan fingerprint density at radius 2 is 1.90 bits per heavy atom. The van der Waals surface area contributed by atoms with Gasteiger partial charge in [0.2, 0.25) is 11.8 Å². The van der Waals surface area contributed by atoms with Gasteiger partial charge in [-0.15, -0.1) is 10.2 Å². The van der Waals surface area contributed by atoms with Crippen LogP contribution in [0.15, 0.2) is 52.1 Å². The van der Waals surface area contributed by atoms with Gasteiger partial charge in [-0.1, -0.05) is 11.8 Å². The Labute approximate surface area is 174 Å². The molecule has 0 saturated carbocycles. The second-order valence-corrected chi connectivity index (χ2v) is 6.76. The monoisotopic (exact) mass is 434 g/mol. The minimum absolute atomic E-state index is 0.00537. The second kappa shape index (κ2) is 9.83. The summed E-state index contributed by atoms with van der Waals surface area (Å²) in [7, 11) is 1.53. The number of hydrogen-bond donors (Lipinski definition) is 2. The fourth-order valence-corrected chi connectivity index (χ4v) is 2.85. The van der Waals surface area contributed by atoms with Gasteiger partial charge in [-0.3, -0.25) is 9.59 Å². The Bertz CT molecular complexity index is 1040. The minimum Gasteiger partial charge on any atom is -0.497 e. The predicted octanol–water partition coefficient (Wildman–Crippen LogP) is 3.02. The maximum atomic E-state index is 13.5. The van der Waals surface area contributed by atoms with Crippen molar-refractivity contribution in [1.82, 2.24) is 15.5 Å². The molecule has 1 heterocycles. The van der Waals surface area contributed by atoms with E-state index in [2.05, 4.69) is 20.8 Å². The third-order valence-corrected chi connectivity index (χ3v) is 4.55. The van der Waals surface area contributed by atoms with Crippen molar-refractivity contribution in [2.45, 2.75) is 11.8 Å². The van der Waals surface area contributed by atoms with Crippen LogP contribution in [0.3, 0.4) is 0 Å². The molecule has 0 atom stereocenters. The van der Waals surface area contributed by atoms with E-state index in [1.165, 1.54) is 7.11 Å². The van der Waals surface area contributed by atoms with Gasteiger partial charge >= 0.3 is 0 Å². The van der Waals surface area contributed by atoms with Gasteiger partial charge in [-0.05, 0) is 36.4 Å². The lowest BCUT2D eigenvalue weighted by molar-refractivity contribution is -0.113. The number of carbonyl (C=O) groups is 2. The van der Waals surface area contributed by atoms with E-state index in [0.29, 0.717) is 17.4 Å². The molecule has 156 valence electrons. The molecule has 30 heavy (non-hydrogen) atoms. The number of anilines is 1. The van der Waals surface area contributed by atoms with Crippen molar-refractivity contribution in [3.05, 3.63) is 65.6 Å². The number of benzene rings is 2. The van der Waals surface area contributed by atoms with E-state index in [-0.39, 0.29) is 35.0 Å². The van der Waals surface area contributed by atoms with Crippen LogP contribution in [0, 0.1) is 11.6 Å². The van der Waals surface area contributed by atoms with Crippen LogP contribution in [-0.2, 0) is 11.3 Å². The molecule has 3 aromatic rings. The predicted molar refractivity (Wildman–Crippen MR) is 104 cm³/mol. The fraction of sp³-hybridized carbons (Fsp3) is 0.158. The van der Waals surface area contributed by atoms with Gasteiger partial charge in [0, 0.05) is 11.6 Å². The minimum atomic E-state index is -0.874. The molecule has 0 fully saturated rings. The van der Waals surface area contributed by atoms with E-state index >= 15 is 0 Å². The van der Waals surface area contributed by atoms with Gasteiger partial charge in [-0.2, -0.15) is 0 Å². The van der Waals surface area contributed by atoms with Crippen molar-refractivity contribution < 1.29 is 27.5 Å². The number of rotatable bonds is 8. The number of thioether (sulfide) groups is 1. The molecule has 0 aliphatic carbocycles.